The van der Waals surface area contributed by atoms with Gasteiger partial charge in [0, 0.05) is 23.1 Å². The van der Waals surface area contributed by atoms with Gasteiger partial charge in [0.05, 0.1) is 0 Å². The minimum Gasteiger partial charge on any atom is -0.427 e. The van der Waals surface area contributed by atoms with Crippen LogP contribution in [0.15, 0.2) is 0 Å². The van der Waals surface area contributed by atoms with E-state index >= 15 is 0 Å². The Kier molecular flexibility index (Phi) is 3.27. The first-order chi connectivity index (χ1) is 6.02. The van der Waals surface area contributed by atoms with Crippen LogP contribution < -0.4 is 0 Å². The van der Waals surface area contributed by atoms with Crippen molar-refractivity contribution in [3.8, 4) is 0 Å². The molecular weight excluding hydrogens is 173 g/mol. The average Bonchev–Trinajstić information content (AvgIpc) is 2.04. The van der Waals surface area contributed by atoms with Crippen molar-refractivity contribution < 1.29 is 15.0 Å². The van der Waals surface area contributed by atoms with Gasteiger partial charge in [-0.3, -0.25) is 10.1 Å². The molecule has 0 aliphatic heterocycles. The van der Waals surface area contributed by atoms with Crippen LogP contribution in [0.1, 0.15) is 26.2 Å². The summed E-state index contributed by atoms with van der Waals surface area (Å²) in [6.07, 6.45) is 1.66. The third kappa shape index (κ3) is 2.41. The van der Waals surface area contributed by atoms with Gasteiger partial charge in [0.2, 0.25) is 6.04 Å². The third-order valence-electron chi connectivity index (χ3n) is 2.89. The van der Waals surface area contributed by atoms with Crippen LogP contribution >= 0.6 is 0 Å². The Morgan fingerprint density at radius 1 is 1.46 bits per heavy atom. The largest absolute Gasteiger partial charge is 0.455 e. The molecule has 13 heavy (non-hydrogen) atoms. The summed E-state index contributed by atoms with van der Waals surface area (Å²) in [5, 5.41) is 28.4. The molecule has 1 rings (SSSR count). The van der Waals surface area contributed by atoms with E-state index in [9.17, 15) is 10.1 Å². The Labute approximate surface area is 77.1 Å². The zero-order valence-corrected chi connectivity index (χ0v) is 7.59. The van der Waals surface area contributed by atoms with Crippen molar-refractivity contribution in [2.75, 3.05) is 0 Å². The highest BCUT2D eigenvalue weighted by Gasteiger charge is 2.39. The molecule has 3 atom stereocenters. The Balaban J connectivity index is 2.58. The van der Waals surface area contributed by atoms with Gasteiger partial charge in [-0.15, -0.1) is 0 Å². The molecule has 3 unspecified atom stereocenters. The molecule has 0 bridgehead atoms. The molecule has 2 N–H and O–H groups in total. The lowest BCUT2D eigenvalue weighted by molar-refractivity contribution is -0.534. The smallest absolute Gasteiger partial charge is 0.427 e. The predicted octanol–water partition coefficient (Wildman–Crippen LogP) is 0.295. The van der Waals surface area contributed by atoms with Crippen LogP contribution in [0.25, 0.3) is 0 Å². The van der Waals surface area contributed by atoms with Crippen molar-refractivity contribution in [2.45, 2.75) is 38.0 Å². The van der Waals surface area contributed by atoms with Gasteiger partial charge < -0.3 is 10.0 Å². The summed E-state index contributed by atoms with van der Waals surface area (Å²) in [6.45, 7) is 1.84. The van der Waals surface area contributed by atoms with Crippen LogP contribution in [0.5, 0.6) is 0 Å². The first-order valence-corrected chi connectivity index (χ1v) is 4.52. The van der Waals surface area contributed by atoms with E-state index in [1.54, 1.807) is 0 Å². The Hall–Kier alpha value is -0.615. The number of nitrogens with zero attached hydrogens (tertiary/aromatic N) is 1. The Morgan fingerprint density at radius 3 is 2.54 bits per heavy atom. The monoisotopic (exact) mass is 187 g/mol. The van der Waals surface area contributed by atoms with E-state index in [4.69, 9.17) is 10.0 Å². The predicted molar refractivity (Wildman–Crippen MR) is 47.7 cm³/mol. The SMILES string of the molecule is CC1CCC(B(O)O)CC1[N+](=O)[O-]. The van der Waals surface area contributed by atoms with Crippen molar-refractivity contribution in [1.29, 1.82) is 0 Å². The number of hydrogen-bond acceptors (Lipinski definition) is 4. The molecular formula is C7H14BNO4. The zero-order valence-electron chi connectivity index (χ0n) is 7.59. The second-order valence-corrected chi connectivity index (χ2v) is 3.82. The molecule has 0 heterocycles. The topological polar surface area (TPSA) is 83.6 Å². The Bertz CT molecular complexity index is 199. The second kappa shape index (κ2) is 4.06. The van der Waals surface area contributed by atoms with Crippen LogP contribution in [0, 0.1) is 16.0 Å². The molecule has 74 valence electrons. The normalized spacial score (nSPS) is 34.2. The van der Waals surface area contributed by atoms with E-state index in [0.29, 0.717) is 12.8 Å². The molecule has 0 spiro atoms. The third-order valence-corrected chi connectivity index (χ3v) is 2.89. The van der Waals surface area contributed by atoms with Gasteiger partial charge in [0.25, 0.3) is 0 Å². The molecule has 5 nitrogen and oxygen atoms in total. The summed E-state index contributed by atoms with van der Waals surface area (Å²) in [7, 11) is -1.41. The minimum absolute atomic E-state index is 0.0463. The van der Waals surface area contributed by atoms with Gasteiger partial charge in [-0.1, -0.05) is 13.3 Å². The number of hydrogen-bond donors (Lipinski definition) is 2. The fourth-order valence-corrected chi connectivity index (χ4v) is 1.89. The maximum Gasteiger partial charge on any atom is 0.455 e. The second-order valence-electron chi connectivity index (χ2n) is 3.82. The van der Waals surface area contributed by atoms with Crippen molar-refractivity contribution in [2.24, 2.45) is 5.92 Å². The molecule has 1 aliphatic rings. The van der Waals surface area contributed by atoms with Gasteiger partial charge in [-0.05, 0) is 6.42 Å². The summed E-state index contributed by atoms with van der Waals surface area (Å²) in [5.41, 5.74) is 0. The highest BCUT2D eigenvalue weighted by atomic mass is 16.6. The summed E-state index contributed by atoms with van der Waals surface area (Å²) < 4.78 is 0. The molecule has 0 saturated heterocycles. The van der Waals surface area contributed by atoms with Crippen LogP contribution in [0.2, 0.25) is 5.82 Å². The van der Waals surface area contributed by atoms with E-state index in [2.05, 4.69) is 0 Å². The van der Waals surface area contributed by atoms with Crippen molar-refractivity contribution in [3.05, 3.63) is 10.1 Å². The zero-order chi connectivity index (χ0) is 10.0. The van der Waals surface area contributed by atoms with E-state index in [0.717, 1.165) is 0 Å². The maximum absolute atomic E-state index is 10.6. The summed E-state index contributed by atoms with van der Waals surface area (Å²) in [4.78, 5) is 10.3. The van der Waals surface area contributed by atoms with Crippen molar-refractivity contribution in [1.82, 2.24) is 0 Å². The van der Waals surface area contributed by atoms with Crippen LogP contribution in [-0.4, -0.2) is 28.1 Å². The summed E-state index contributed by atoms with van der Waals surface area (Å²) in [5.74, 6) is -0.281. The highest BCUT2D eigenvalue weighted by molar-refractivity contribution is 6.43. The molecule has 0 radical (unpaired) electrons. The van der Waals surface area contributed by atoms with Crippen molar-refractivity contribution in [3.63, 3.8) is 0 Å². The van der Waals surface area contributed by atoms with Gasteiger partial charge in [-0.25, -0.2) is 0 Å². The molecule has 0 aromatic carbocycles. The molecule has 0 aromatic rings. The molecule has 6 heteroatoms. The number of nitro groups is 1. The molecule has 1 saturated carbocycles. The lowest BCUT2D eigenvalue weighted by Crippen LogP contribution is -2.37. The van der Waals surface area contributed by atoms with E-state index in [1.807, 2.05) is 6.92 Å². The molecule has 1 fully saturated rings. The van der Waals surface area contributed by atoms with E-state index < -0.39 is 13.2 Å². The lowest BCUT2D eigenvalue weighted by Gasteiger charge is -2.28. The standard InChI is InChI=1S/C7H14BNO4/c1-5-2-3-6(8(10)11)4-7(5)9(12)13/h5-7,10-11H,2-4H2,1H3. The van der Waals surface area contributed by atoms with Crippen LogP contribution in [0.3, 0.4) is 0 Å². The first kappa shape index (κ1) is 10.5. The average molecular weight is 187 g/mol. The van der Waals surface area contributed by atoms with Gasteiger partial charge in [-0.2, -0.15) is 0 Å². The van der Waals surface area contributed by atoms with Gasteiger partial charge in [0.15, 0.2) is 0 Å². The van der Waals surface area contributed by atoms with Crippen molar-refractivity contribution >= 4 is 7.12 Å². The van der Waals surface area contributed by atoms with E-state index in [1.165, 1.54) is 0 Å². The summed E-state index contributed by atoms with van der Waals surface area (Å²) in [6, 6.07) is -0.611. The fraction of sp³-hybridized carbons (Fsp3) is 1.00. The maximum atomic E-state index is 10.6. The molecule has 0 aromatic heterocycles. The van der Waals surface area contributed by atoms with Crippen LogP contribution in [0.4, 0.5) is 0 Å². The lowest BCUT2D eigenvalue weighted by atomic mass is 9.62. The first-order valence-electron chi connectivity index (χ1n) is 4.52. The quantitative estimate of drug-likeness (QED) is 0.369. The van der Waals surface area contributed by atoms with Crippen LogP contribution in [-0.2, 0) is 0 Å². The summed E-state index contributed by atoms with van der Waals surface area (Å²) >= 11 is 0. The molecule has 1 aliphatic carbocycles. The Morgan fingerprint density at radius 2 is 2.08 bits per heavy atom. The van der Waals surface area contributed by atoms with Gasteiger partial charge in [0.1, 0.15) is 0 Å². The molecule has 0 amide bonds. The van der Waals surface area contributed by atoms with E-state index in [-0.39, 0.29) is 23.1 Å². The fourth-order valence-electron chi connectivity index (χ4n) is 1.89. The highest BCUT2D eigenvalue weighted by Crippen LogP contribution is 2.34. The van der Waals surface area contributed by atoms with Gasteiger partial charge >= 0.3 is 7.12 Å². The minimum atomic E-state index is -1.41. The number of rotatable bonds is 2.